The molecule has 1 fully saturated rings. The van der Waals surface area contributed by atoms with Gasteiger partial charge in [0.2, 0.25) is 11.8 Å². The van der Waals surface area contributed by atoms with Crippen molar-refractivity contribution in [3.05, 3.63) is 47.2 Å². The predicted molar refractivity (Wildman–Crippen MR) is 101 cm³/mol. The average Bonchev–Trinajstić information content (AvgIpc) is 3.00. The largest absolute Gasteiger partial charge is 0.387 e. The molecule has 6 heteroatoms. The number of aliphatic hydroxyl groups excluding tert-OH is 1. The van der Waals surface area contributed by atoms with E-state index in [2.05, 4.69) is 16.0 Å². The molecule has 2 amide bonds. The molecule has 1 saturated carbocycles. The van der Waals surface area contributed by atoms with Crippen LogP contribution in [0, 0.1) is 0 Å². The summed E-state index contributed by atoms with van der Waals surface area (Å²) in [6.45, 7) is 2.61. The molecule has 1 aromatic carbocycles. The van der Waals surface area contributed by atoms with Gasteiger partial charge in [0.05, 0.1) is 6.54 Å². The summed E-state index contributed by atoms with van der Waals surface area (Å²) < 4.78 is 0. The van der Waals surface area contributed by atoms with Crippen molar-refractivity contribution < 1.29 is 14.7 Å². The third-order valence-corrected chi connectivity index (χ3v) is 4.68. The first-order valence-corrected chi connectivity index (χ1v) is 9.26. The number of carbonyl (C=O) groups is 2. The van der Waals surface area contributed by atoms with Crippen molar-refractivity contribution in [2.75, 3.05) is 13.2 Å². The fourth-order valence-corrected chi connectivity index (χ4v) is 3.08. The first-order chi connectivity index (χ1) is 12.6. The van der Waals surface area contributed by atoms with Gasteiger partial charge in [-0.3, -0.25) is 9.59 Å². The van der Waals surface area contributed by atoms with Gasteiger partial charge in [0.15, 0.2) is 0 Å². The van der Waals surface area contributed by atoms with E-state index in [1.807, 2.05) is 37.3 Å². The average molecular weight is 359 g/mol. The Morgan fingerprint density at radius 3 is 2.46 bits per heavy atom. The Kier molecular flexibility index (Phi) is 8.15. The van der Waals surface area contributed by atoms with Gasteiger partial charge in [-0.05, 0) is 25.3 Å². The van der Waals surface area contributed by atoms with Gasteiger partial charge in [-0.15, -0.1) is 0 Å². The summed E-state index contributed by atoms with van der Waals surface area (Å²) in [5.74, 6) is -0.262. The molecule has 4 N–H and O–H groups in total. The number of amides is 2. The molecule has 0 bridgehead atoms. The van der Waals surface area contributed by atoms with E-state index < -0.39 is 6.61 Å². The molecule has 6 nitrogen and oxygen atoms in total. The second kappa shape index (κ2) is 10.6. The standard InChI is InChI=1S/C11H18N2O.C9H11NO2/c1-8-10(7-12-11(8)14)13-9-5-3-2-4-6-9;11-7-9(12)10-6-8-4-2-1-3-5-8/h9,13H,2-7H2,1H3,(H,12,14);1-5,11H,6-7H2,(H,10,12). The smallest absolute Gasteiger partial charge is 0.249 e. The zero-order valence-corrected chi connectivity index (χ0v) is 15.4. The molecule has 0 unspecified atom stereocenters. The highest BCUT2D eigenvalue weighted by atomic mass is 16.3. The quantitative estimate of drug-likeness (QED) is 0.643. The zero-order chi connectivity index (χ0) is 18.8. The zero-order valence-electron chi connectivity index (χ0n) is 15.4. The van der Waals surface area contributed by atoms with Crippen LogP contribution in [0.5, 0.6) is 0 Å². The molecule has 26 heavy (non-hydrogen) atoms. The number of hydrogen-bond acceptors (Lipinski definition) is 4. The Morgan fingerprint density at radius 2 is 1.88 bits per heavy atom. The SMILES string of the molecule is CC1=C(NC2CCCCC2)CNC1=O.O=C(CO)NCc1ccccc1. The number of rotatable bonds is 5. The third kappa shape index (κ3) is 6.52. The molecular weight excluding hydrogens is 330 g/mol. The van der Waals surface area contributed by atoms with Gasteiger partial charge >= 0.3 is 0 Å². The number of aliphatic hydroxyl groups is 1. The van der Waals surface area contributed by atoms with Gasteiger partial charge < -0.3 is 21.1 Å². The number of carbonyl (C=O) groups excluding carboxylic acids is 2. The van der Waals surface area contributed by atoms with E-state index in [4.69, 9.17) is 5.11 Å². The first-order valence-electron chi connectivity index (χ1n) is 9.26. The molecule has 0 spiro atoms. The number of hydrogen-bond donors (Lipinski definition) is 4. The molecule has 0 radical (unpaired) electrons. The first kappa shape index (κ1) is 20.0. The minimum atomic E-state index is -0.452. The van der Waals surface area contributed by atoms with E-state index in [-0.39, 0.29) is 11.8 Å². The molecule has 2 aliphatic rings. The van der Waals surface area contributed by atoms with E-state index in [1.54, 1.807) is 0 Å². The van der Waals surface area contributed by atoms with Crippen LogP contribution in [0.1, 0.15) is 44.6 Å². The van der Waals surface area contributed by atoms with Gasteiger partial charge in [-0.2, -0.15) is 0 Å². The van der Waals surface area contributed by atoms with Crippen molar-refractivity contribution in [2.45, 2.75) is 51.6 Å². The van der Waals surface area contributed by atoms with Crippen LogP contribution in [0.2, 0.25) is 0 Å². The minimum Gasteiger partial charge on any atom is -0.387 e. The third-order valence-electron chi connectivity index (χ3n) is 4.68. The van der Waals surface area contributed by atoms with Crippen LogP contribution in [-0.2, 0) is 16.1 Å². The minimum absolute atomic E-state index is 0.0864. The van der Waals surface area contributed by atoms with Crippen LogP contribution in [0.15, 0.2) is 41.6 Å². The fourth-order valence-electron chi connectivity index (χ4n) is 3.08. The van der Waals surface area contributed by atoms with Crippen LogP contribution >= 0.6 is 0 Å². The number of benzene rings is 1. The second-order valence-corrected chi connectivity index (χ2v) is 6.69. The maximum atomic E-state index is 11.2. The van der Waals surface area contributed by atoms with Crippen LogP contribution in [0.3, 0.4) is 0 Å². The Labute approximate surface area is 155 Å². The molecule has 3 rings (SSSR count). The van der Waals surface area contributed by atoms with Crippen molar-refractivity contribution in [2.24, 2.45) is 0 Å². The van der Waals surface area contributed by atoms with E-state index in [1.165, 1.54) is 32.1 Å². The molecule has 1 aliphatic carbocycles. The molecule has 142 valence electrons. The van der Waals surface area contributed by atoms with E-state index in [0.717, 1.165) is 16.8 Å². The summed E-state index contributed by atoms with van der Waals surface area (Å²) in [5, 5.41) is 17.3. The highest BCUT2D eigenvalue weighted by Crippen LogP contribution is 2.19. The van der Waals surface area contributed by atoms with Crippen LogP contribution in [-0.4, -0.2) is 36.1 Å². The van der Waals surface area contributed by atoms with E-state index in [9.17, 15) is 9.59 Å². The second-order valence-electron chi connectivity index (χ2n) is 6.69. The Hall–Kier alpha value is -2.34. The van der Waals surface area contributed by atoms with Crippen LogP contribution in [0.25, 0.3) is 0 Å². The van der Waals surface area contributed by atoms with Crippen molar-refractivity contribution in [1.29, 1.82) is 0 Å². The summed E-state index contributed by atoms with van der Waals surface area (Å²) in [7, 11) is 0. The maximum Gasteiger partial charge on any atom is 0.249 e. The van der Waals surface area contributed by atoms with Gasteiger partial charge in [0.1, 0.15) is 6.61 Å². The molecule has 1 heterocycles. The van der Waals surface area contributed by atoms with Gasteiger partial charge in [0, 0.05) is 23.9 Å². The van der Waals surface area contributed by atoms with Crippen molar-refractivity contribution in [3.63, 3.8) is 0 Å². The molecule has 0 atom stereocenters. The molecule has 1 aliphatic heterocycles. The summed E-state index contributed by atoms with van der Waals surface area (Å²) in [6.07, 6.45) is 6.53. The molecule has 1 aromatic rings. The molecule has 0 saturated heterocycles. The van der Waals surface area contributed by atoms with Gasteiger partial charge in [-0.1, -0.05) is 49.6 Å². The Morgan fingerprint density at radius 1 is 1.19 bits per heavy atom. The fraction of sp³-hybridized carbons (Fsp3) is 0.500. The van der Waals surface area contributed by atoms with Crippen LogP contribution < -0.4 is 16.0 Å². The van der Waals surface area contributed by atoms with Gasteiger partial charge in [0.25, 0.3) is 0 Å². The Balaban J connectivity index is 0.000000190. The predicted octanol–water partition coefficient (Wildman–Crippen LogP) is 1.61. The summed E-state index contributed by atoms with van der Waals surface area (Å²) in [5.41, 5.74) is 3.01. The van der Waals surface area contributed by atoms with Crippen LogP contribution in [0.4, 0.5) is 0 Å². The number of nitrogens with one attached hydrogen (secondary N) is 3. The highest BCUT2D eigenvalue weighted by Gasteiger charge is 2.21. The monoisotopic (exact) mass is 359 g/mol. The van der Waals surface area contributed by atoms with Crippen molar-refractivity contribution in [3.8, 4) is 0 Å². The van der Waals surface area contributed by atoms with E-state index >= 15 is 0 Å². The van der Waals surface area contributed by atoms with Gasteiger partial charge in [-0.25, -0.2) is 0 Å². The summed E-state index contributed by atoms with van der Waals surface area (Å²) in [6, 6.07) is 10.1. The normalized spacial score (nSPS) is 17.2. The van der Waals surface area contributed by atoms with Crippen molar-refractivity contribution >= 4 is 11.8 Å². The summed E-state index contributed by atoms with van der Waals surface area (Å²) >= 11 is 0. The Bertz CT molecular complexity index is 622. The van der Waals surface area contributed by atoms with E-state index in [0.29, 0.717) is 19.1 Å². The lowest BCUT2D eigenvalue weighted by Gasteiger charge is -2.24. The van der Waals surface area contributed by atoms with Crippen molar-refractivity contribution in [1.82, 2.24) is 16.0 Å². The highest BCUT2D eigenvalue weighted by molar-refractivity contribution is 5.96. The topological polar surface area (TPSA) is 90.5 Å². The lowest BCUT2D eigenvalue weighted by Crippen LogP contribution is -2.32. The molecular formula is C20H29N3O3. The lowest BCUT2D eigenvalue weighted by atomic mass is 9.95. The molecule has 0 aromatic heterocycles. The lowest BCUT2D eigenvalue weighted by molar-refractivity contribution is -0.124. The maximum absolute atomic E-state index is 11.2. The summed E-state index contributed by atoms with van der Waals surface area (Å²) in [4.78, 5) is 21.8.